The third kappa shape index (κ3) is 40.1. The van der Waals surface area contributed by atoms with Crippen LogP contribution in [0, 0.1) is 0 Å². The van der Waals surface area contributed by atoms with Crippen LogP contribution in [0.15, 0.2) is 0 Å². The second-order valence-corrected chi connectivity index (χ2v) is 10.8. The lowest BCUT2D eigenvalue weighted by atomic mass is 10.0. The van der Waals surface area contributed by atoms with E-state index in [0.29, 0.717) is 12.8 Å². The molecule has 0 heterocycles. The van der Waals surface area contributed by atoms with Crippen LogP contribution in [0.25, 0.3) is 0 Å². The van der Waals surface area contributed by atoms with Gasteiger partial charge in [0.1, 0.15) is 0 Å². The van der Waals surface area contributed by atoms with E-state index in [2.05, 4.69) is 13.8 Å². The second kappa shape index (κ2) is 33.9. The van der Waals surface area contributed by atoms with E-state index in [1.807, 2.05) is 0 Å². The van der Waals surface area contributed by atoms with E-state index in [1.54, 1.807) is 0 Å². The Morgan fingerprint density at radius 1 is 0.333 bits per heavy atom. The number of rotatable bonds is 28. The van der Waals surface area contributed by atoms with Crippen LogP contribution in [0.3, 0.4) is 0 Å². The Hall–Kier alpha value is -1.06. The third-order valence-electron chi connectivity index (χ3n) is 6.99. The van der Waals surface area contributed by atoms with E-state index in [4.69, 9.17) is 10.2 Å². The van der Waals surface area contributed by atoms with E-state index in [-0.39, 0.29) is 0 Å². The molecule has 0 aromatic heterocycles. The van der Waals surface area contributed by atoms with Crippen LogP contribution in [0.5, 0.6) is 0 Å². The van der Waals surface area contributed by atoms with Gasteiger partial charge in [0.15, 0.2) is 0 Å². The molecule has 0 unspecified atom stereocenters. The molecule has 0 aliphatic heterocycles. The molecule has 0 amide bonds. The number of carboxylic acid groups (broad SMARTS) is 2. The fraction of sp³-hybridized carbons (Fsp3) is 0.938. The van der Waals surface area contributed by atoms with Crippen LogP contribution in [-0.2, 0) is 9.59 Å². The van der Waals surface area contributed by atoms with E-state index in [0.717, 1.165) is 38.5 Å². The predicted molar refractivity (Wildman–Crippen MR) is 156 cm³/mol. The number of hydrogen-bond donors (Lipinski definition) is 2. The molecule has 0 aliphatic carbocycles. The van der Waals surface area contributed by atoms with Crippen molar-refractivity contribution in [2.45, 2.75) is 194 Å². The predicted octanol–water partition coefficient (Wildman–Crippen LogP) is 11.1. The first-order chi connectivity index (χ1) is 17.5. The van der Waals surface area contributed by atoms with Crippen molar-refractivity contribution in [2.75, 3.05) is 0 Å². The summed E-state index contributed by atoms with van der Waals surface area (Å²) in [5, 5.41) is 17.0. The van der Waals surface area contributed by atoms with Crippen LogP contribution in [-0.4, -0.2) is 22.2 Å². The van der Waals surface area contributed by atoms with Crippen molar-refractivity contribution in [3.05, 3.63) is 0 Å². The molecular formula is C32H64O4. The van der Waals surface area contributed by atoms with Gasteiger partial charge in [-0.2, -0.15) is 0 Å². The van der Waals surface area contributed by atoms with Crippen molar-refractivity contribution >= 4 is 11.9 Å². The van der Waals surface area contributed by atoms with Gasteiger partial charge in [0.25, 0.3) is 0 Å². The molecule has 0 radical (unpaired) electrons. The summed E-state index contributed by atoms with van der Waals surface area (Å²) in [6.45, 7) is 4.58. The minimum absolute atomic E-state index is 0.307. The van der Waals surface area contributed by atoms with Crippen molar-refractivity contribution in [3.8, 4) is 0 Å². The van der Waals surface area contributed by atoms with E-state index >= 15 is 0 Å². The maximum atomic E-state index is 10.3. The van der Waals surface area contributed by atoms with Gasteiger partial charge in [0.05, 0.1) is 0 Å². The third-order valence-corrected chi connectivity index (χ3v) is 6.99. The maximum absolute atomic E-state index is 10.3. The largest absolute Gasteiger partial charge is 0.481 e. The molecule has 0 spiro atoms. The average molecular weight is 513 g/mol. The highest BCUT2D eigenvalue weighted by molar-refractivity contribution is 5.66. The lowest BCUT2D eigenvalue weighted by Gasteiger charge is -2.02. The summed E-state index contributed by atoms with van der Waals surface area (Å²) in [6, 6.07) is 0. The summed E-state index contributed by atoms with van der Waals surface area (Å²) in [5.74, 6) is -1.37. The molecule has 0 saturated carbocycles. The van der Waals surface area contributed by atoms with Gasteiger partial charge in [-0.25, -0.2) is 0 Å². The number of carboxylic acids is 2. The monoisotopic (exact) mass is 512 g/mol. The van der Waals surface area contributed by atoms with Gasteiger partial charge < -0.3 is 10.2 Å². The van der Waals surface area contributed by atoms with Crippen molar-refractivity contribution in [2.24, 2.45) is 0 Å². The van der Waals surface area contributed by atoms with Gasteiger partial charge in [0.2, 0.25) is 0 Å². The van der Waals surface area contributed by atoms with Crippen molar-refractivity contribution < 1.29 is 19.8 Å². The molecule has 2 N–H and O–H groups in total. The van der Waals surface area contributed by atoms with Gasteiger partial charge in [-0.1, -0.05) is 168 Å². The molecule has 36 heavy (non-hydrogen) atoms. The summed E-state index contributed by atoms with van der Waals surface area (Å²) >= 11 is 0. The lowest BCUT2D eigenvalue weighted by Crippen LogP contribution is -1.93. The van der Waals surface area contributed by atoms with Crippen molar-refractivity contribution in [3.63, 3.8) is 0 Å². The SMILES string of the molecule is CCCCCCCCCCCCCCCC.O=C(O)CCCCCCCCCCCCCCC(=O)O. The first-order valence-electron chi connectivity index (χ1n) is 16.0. The van der Waals surface area contributed by atoms with Gasteiger partial charge in [-0.05, 0) is 12.8 Å². The minimum atomic E-state index is -0.687. The molecule has 4 heteroatoms. The van der Waals surface area contributed by atoms with Crippen LogP contribution < -0.4 is 0 Å². The lowest BCUT2D eigenvalue weighted by molar-refractivity contribution is -0.138. The zero-order valence-corrected chi connectivity index (χ0v) is 24.5. The summed E-state index contributed by atoms with van der Waals surface area (Å²) in [6.07, 6.45) is 34.5. The number of unbranched alkanes of at least 4 members (excludes halogenated alkanes) is 24. The Morgan fingerprint density at radius 2 is 0.500 bits per heavy atom. The molecule has 4 nitrogen and oxygen atoms in total. The first-order valence-corrected chi connectivity index (χ1v) is 16.0. The Balaban J connectivity index is 0. The van der Waals surface area contributed by atoms with Gasteiger partial charge in [-0.3, -0.25) is 9.59 Å². The number of aliphatic carboxylic acids is 2. The maximum Gasteiger partial charge on any atom is 0.303 e. The molecule has 0 aromatic rings. The molecule has 0 atom stereocenters. The van der Waals surface area contributed by atoms with Crippen molar-refractivity contribution in [1.82, 2.24) is 0 Å². The number of hydrogen-bond acceptors (Lipinski definition) is 2. The molecule has 0 fully saturated rings. The highest BCUT2D eigenvalue weighted by atomic mass is 16.4. The van der Waals surface area contributed by atoms with Gasteiger partial charge >= 0.3 is 11.9 Å². The zero-order valence-electron chi connectivity index (χ0n) is 24.5. The van der Waals surface area contributed by atoms with Crippen LogP contribution in [0.1, 0.15) is 194 Å². The van der Waals surface area contributed by atoms with E-state index in [9.17, 15) is 9.59 Å². The Kier molecular flexibility index (Phi) is 35.0. The quantitative estimate of drug-likeness (QED) is 0.102. The highest BCUT2D eigenvalue weighted by Gasteiger charge is 1.98. The minimum Gasteiger partial charge on any atom is -0.481 e. The average Bonchev–Trinajstić information content (AvgIpc) is 2.85. The molecule has 216 valence electrons. The molecular weight excluding hydrogens is 448 g/mol. The smallest absolute Gasteiger partial charge is 0.303 e. The molecule has 0 saturated heterocycles. The Bertz CT molecular complexity index is 396. The van der Waals surface area contributed by atoms with Crippen LogP contribution >= 0.6 is 0 Å². The molecule has 0 aromatic carbocycles. The number of carbonyl (C=O) groups is 2. The second-order valence-electron chi connectivity index (χ2n) is 10.8. The Morgan fingerprint density at radius 3 is 0.667 bits per heavy atom. The highest BCUT2D eigenvalue weighted by Crippen LogP contribution is 2.14. The fourth-order valence-electron chi connectivity index (χ4n) is 4.59. The van der Waals surface area contributed by atoms with E-state index in [1.165, 1.54) is 128 Å². The zero-order chi connectivity index (χ0) is 27.0. The normalized spacial score (nSPS) is 10.7. The van der Waals surface area contributed by atoms with E-state index < -0.39 is 11.9 Å². The van der Waals surface area contributed by atoms with Crippen molar-refractivity contribution in [1.29, 1.82) is 0 Å². The van der Waals surface area contributed by atoms with Gasteiger partial charge in [0, 0.05) is 12.8 Å². The topological polar surface area (TPSA) is 74.6 Å². The molecule has 0 rings (SSSR count). The molecule has 0 aliphatic rings. The van der Waals surface area contributed by atoms with Crippen LogP contribution in [0.4, 0.5) is 0 Å². The molecule has 0 bridgehead atoms. The Labute approximate surface area is 225 Å². The summed E-state index contributed by atoms with van der Waals surface area (Å²) in [5.41, 5.74) is 0. The first kappa shape index (κ1) is 37.1. The summed E-state index contributed by atoms with van der Waals surface area (Å²) < 4.78 is 0. The summed E-state index contributed by atoms with van der Waals surface area (Å²) in [4.78, 5) is 20.6. The standard InChI is InChI=1S/C16H30O4.C16H34/c17-15(18)13-11-9-7-5-3-1-2-4-6-8-10-12-14-16(19)20;1-3-5-7-9-11-13-15-16-14-12-10-8-6-4-2/h1-14H2,(H,17,18)(H,19,20);3-16H2,1-2H3. The fourth-order valence-corrected chi connectivity index (χ4v) is 4.59. The van der Waals surface area contributed by atoms with Crippen LogP contribution in [0.2, 0.25) is 0 Å². The van der Waals surface area contributed by atoms with Gasteiger partial charge in [-0.15, -0.1) is 0 Å². The summed E-state index contributed by atoms with van der Waals surface area (Å²) in [7, 11) is 0.